The summed E-state index contributed by atoms with van der Waals surface area (Å²) in [7, 11) is 1.82. The summed E-state index contributed by atoms with van der Waals surface area (Å²) < 4.78 is 0. The molecule has 20 heavy (non-hydrogen) atoms. The van der Waals surface area contributed by atoms with Crippen LogP contribution in [0.2, 0.25) is 0 Å². The maximum atomic E-state index is 4.31. The van der Waals surface area contributed by atoms with E-state index in [0.717, 1.165) is 31.4 Å². The van der Waals surface area contributed by atoms with Crippen LogP contribution in [0.25, 0.3) is 0 Å². The van der Waals surface area contributed by atoms with Crippen LogP contribution in [0.4, 0.5) is 0 Å². The summed E-state index contributed by atoms with van der Waals surface area (Å²) in [6, 6.07) is 1.18. The summed E-state index contributed by atoms with van der Waals surface area (Å²) in [5.41, 5.74) is 0. The highest BCUT2D eigenvalue weighted by Crippen LogP contribution is 2.28. The molecule has 2 heterocycles. The SMILES string of the molecule is CC1CNC(C2CCCCC2)CN1Cc1nnn(C)n1. The molecule has 3 rings (SSSR count). The van der Waals surface area contributed by atoms with Crippen molar-refractivity contribution in [2.45, 2.75) is 57.7 Å². The van der Waals surface area contributed by atoms with Gasteiger partial charge in [-0.25, -0.2) is 0 Å². The lowest BCUT2D eigenvalue weighted by molar-refractivity contribution is 0.0957. The van der Waals surface area contributed by atoms with Gasteiger partial charge in [0, 0.05) is 25.2 Å². The zero-order chi connectivity index (χ0) is 13.9. The van der Waals surface area contributed by atoms with Crippen LogP contribution in [0.3, 0.4) is 0 Å². The Morgan fingerprint density at radius 1 is 1.25 bits per heavy atom. The summed E-state index contributed by atoms with van der Waals surface area (Å²) in [4.78, 5) is 4.05. The molecule has 1 aromatic heterocycles. The second kappa shape index (κ2) is 6.18. The van der Waals surface area contributed by atoms with Crippen molar-refractivity contribution in [3.05, 3.63) is 5.82 Å². The highest BCUT2D eigenvalue weighted by atomic mass is 15.6. The Hall–Kier alpha value is -1.01. The molecule has 6 heteroatoms. The van der Waals surface area contributed by atoms with Gasteiger partial charge in [-0.05, 0) is 30.9 Å². The average Bonchev–Trinajstić information content (AvgIpc) is 2.88. The van der Waals surface area contributed by atoms with Gasteiger partial charge in [-0.2, -0.15) is 4.80 Å². The molecular formula is C14H26N6. The van der Waals surface area contributed by atoms with Crippen molar-refractivity contribution in [3.63, 3.8) is 0 Å². The lowest BCUT2D eigenvalue weighted by atomic mass is 9.82. The lowest BCUT2D eigenvalue weighted by Gasteiger charge is -2.42. The van der Waals surface area contributed by atoms with Crippen LogP contribution in [-0.2, 0) is 13.6 Å². The average molecular weight is 278 g/mol. The van der Waals surface area contributed by atoms with E-state index in [2.05, 4.69) is 32.6 Å². The smallest absolute Gasteiger partial charge is 0.188 e. The van der Waals surface area contributed by atoms with Crippen molar-refractivity contribution in [2.75, 3.05) is 13.1 Å². The van der Waals surface area contributed by atoms with E-state index >= 15 is 0 Å². The van der Waals surface area contributed by atoms with E-state index in [4.69, 9.17) is 0 Å². The van der Waals surface area contributed by atoms with Crippen LogP contribution in [0.1, 0.15) is 44.9 Å². The predicted octanol–water partition coefficient (Wildman–Crippen LogP) is 0.953. The van der Waals surface area contributed by atoms with Crippen molar-refractivity contribution in [2.24, 2.45) is 13.0 Å². The van der Waals surface area contributed by atoms with Gasteiger partial charge in [0.25, 0.3) is 0 Å². The van der Waals surface area contributed by atoms with E-state index < -0.39 is 0 Å². The van der Waals surface area contributed by atoms with E-state index in [1.807, 2.05) is 7.05 Å². The number of nitrogens with zero attached hydrogens (tertiary/aromatic N) is 5. The molecule has 0 spiro atoms. The normalized spacial score (nSPS) is 29.7. The van der Waals surface area contributed by atoms with Gasteiger partial charge in [0.05, 0.1) is 13.6 Å². The van der Waals surface area contributed by atoms with Gasteiger partial charge in [-0.1, -0.05) is 19.3 Å². The van der Waals surface area contributed by atoms with Gasteiger partial charge in [0.15, 0.2) is 5.82 Å². The van der Waals surface area contributed by atoms with Crippen LogP contribution in [-0.4, -0.2) is 50.3 Å². The van der Waals surface area contributed by atoms with Gasteiger partial charge in [0.1, 0.15) is 0 Å². The quantitative estimate of drug-likeness (QED) is 0.892. The van der Waals surface area contributed by atoms with Crippen molar-refractivity contribution in [1.29, 1.82) is 0 Å². The summed E-state index contributed by atoms with van der Waals surface area (Å²) in [6.45, 7) is 5.28. The second-order valence-corrected chi connectivity index (χ2v) is 6.39. The summed E-state index contributed by atoms with van der Waals surface area (Å²) in [5.74, 6) is 1.69. The van der Waals surface area contributed by atoms with Gasteiger partial charge in [-0.3, -0.25) is 4.90 Å². The van der Waals surface area contributed by atoms with Gasteiger partial charge < -0.3 is 5.32 Å². The van der Waals surface area contributed by atoms with Gasteiger partial charge >= 0.3 is 0 Å². The van der Waals surface area contributed by atoms with Crippen molar-refractivity contribution < 1.29 is 0 Å². The zero-order valence-corrected chi connectivity index (χ0v) is 12.6. The first-order valence-corrected chi connectivity index (χ1v) is 7.92. The molecule has 1 saturated carbocycles. The maximum absolute atomic E-state index is 4.31. The first-order chi connectivity index (χ1) is 9.72. The van der Waals surface area contributed by atoms with E-state index in [1.165, 1.54) is 32.1 Å². The topological polar surface area (TPSA) is 58.9 Å². The number of hydrogen-bond donors (Lipinski definition) is 1. The predicted molar refractivity (Wildman–Crippen MR) is 77.0 cm³/mol. The third-order valence-corrected chi connectivity index (χ3v) is 4.84. The second-order valence-electron chi connectivity index (χ2n) is 6.39. The molecule has 2 fully saturated rings. The summed E-state index contributed by atoms with van der Waals surface area (Å²) in [5, 5.41) is 16.1. The Morgan fingerprint density at radius 2 is 2.05 bits per heavy atom. The number of rotatable bonds is 3. The lowest BCUT2D eigenvalue weighted by Crippen LogP contribution is -2.57. The molecule has 1 N–H and O–H groups in total. The highest BCUT2D eigenvalue weighted by molar-refractivity contribution is 4.91. The molecule has 2 aliphatic rings. The Labute approximate surface area is 120 Å². The minimum absolute atomic E-state index is 0.540. The van der Waals surface area contributed by atoms with E-state index in [0.29, 0.717) is 12.1 Å². The monoisotopic (exact) mass is 278 g/mol. The summed E-state index contributed by atoms with van der Waals surface area (Å²) in [6.07, 6.45) is 7.02. The standard InChI is InChI=1S/C14H26N6/c1-11-8-15-13(12-6-4-3-5-7-12)9-20(11)10-14-16-18-19(2)17-14/h11-13,15H,3-10H2,1-2H3. The Balaban J connectivity index is 1.60. The van der Waals surface area contributed by atoms with E-state index in [9.17, 15) is 0 Å². The molecule has 1 saturated heterocycles. The number of nitrogens with one attached hydrogen (secondary N) is 1. The first-order valence-electron chi connectivity index (χ1n) is 7.92. The molecule has 1 aromatic rings. The van der Waals surface area contributed by atoms with Crippen LogP contribution in [0.15, 0.2) is 0 Å². The van der Waals surface area contributed by atoms with E-state index in [-0.39, 0.29) is 0 Å². The van der Waals surface area contributed by atoms with E-state index in [1.54, 1.807) is 4.80 Å². The van der Waals surface area contributed by atoms with Crippen LogP contribution < -0.4 is 5.32 Å². The maximum Gasteiger partial charge on any atom is 0.188 e. The number of aryl methyl sites for hydroxylation is 1. The summed E-state index contributed by atoms with van der Waals surface area (Å²) >= 11 is 0. The third-order valence-electron chi connectivity index (χ3n) is 4.84. The minimum atomic E-state index is 0.540. The largest absolute Gasteiger partial charge is 0.311 e. The molecular weight excluding hydrogens is 252 g/mol. The molecule has 0 bridgehead atoms. The fourth-order valence-electron chi connectivity index (χ4n) is 3.59. The van der Waals surface area contributed by atoms with Crippen molar-refractivity contribution in [3.8, 4) is 0 Å². The molecule has 0 radical (unpaired) electrons. The molecule has 6 nitrogen and oxygen atoms in total. The highest BCUT2D eigenvalue weighted by Gasteiger charge is 2.31. The van der Waals surface area contributed by atoms with Crippen LogP contribution in [0, 0.1) is 5.92 Å². The van der Waals surface area contributed by atoms with Crippen LogP contribution >= 0.6 is 0 Å². The molecule has 1 aliphatic carbocycles. The molecule has 2 unspecified atom stereocenters. The Kier molecular flexibility index (Phi) is 4.31. The fourth-order valence-corrected chi connectivity index (χ4v) is 3.59. The molecule has 112 valence electrons. The number of piperazine rings is 1. The molecule has 2 atom stereocenters. The van der Waals surface area contributed by atoms with Crippen LogP contribution in [0.5, 0.6) is 0 Å². The number of aromatic nitrogens is 4. The number of hydrogen-bond acceptors (Lipinski definition) is 5. The van der Waals surface area contributed by atoms with Gasteiger partial charge in [-0.15, -0.1) is 10.2 Å². The van der Waals surface area contributed by atoms with Crippen molar-refractivity contribution in [1.82, 2.24) is 30.4 Å². The molecule has 1 aliphatic heterocycles. The minimum Gasteiger partial charge on any atom is -0.311 e. The Bertz CT molecular complexity index is 425. The Morgan fingerprint density at radius 3 is 2.75 bits per heavy atom. The fraction of sp³-hybridized carbons (Fsp3) is 0.929. The first kappa shape index (κ1) is 13.9. The third kappa shape index (κ3) is 3.17. The zero-order valence-electron chi connectivity index (χ0n) is 12.6. The number of tetrazole rings is 1. The molecule has 0 amide bonds. The van der Waals surface area contributed by atoms with Gasteiger partial charge in [0.2, 0.25) is 0 Å². The molecule has 0 aromatic carbocycles. The van der Waals surface area contributed by atoms with Crippen molar-refractivity contribution >= 4 is 0 Å².